The molecule has 0 N–H and O–H groups in total. The van der Waals surface area contributed by atoms with E-state index in [-0.39, 0.29) is 5.82 Å². The average molecular weight is 313 g/mol. The highest BCUT2D eigenvalue weighted by Crippen LogP contribution is 2.25. The van der Waals surface area contributed by atoms with Gasteiger partial charge in [-0.25, -0.2) is 4.39 Å². The van der Waals surface area contributed by atoms with Gasteiger partial charge in [0.2, 0.25) is 0 Å². The van der Waals surface area contributed by atoms with Crippen molar-refractivity contribution in [2.75, 3.05) is 0 Å². The second-order valence-electron chi connectivity index (χ2n) is 5.15. The molecule has 0 aliphatic rings. The van der Waals surface area contributed by atoms with Crippen molar-refractivity contribution >= 4 is 11.8 Å². The van der Waals surface area contributed by atoms with Crippen molar-refractivity contribution in [1.29, 1.82) is 0 Å². The lowest BCUT2D eigenvalue weighted by Gasteiger charge is -2.05. The van der Waals surface area contributed by atoms with E-state index >= 15 is 0 Å². The van der Waals surface area contributed by atoms with E-state index in [1.54, 1.807) is 23.9 Å². The van der Waals surface area contributed by atoms with E-state index in [1.165, 1.54) is 11.6 Å². The molecule has 0 saturated heterocycles. The molecule has 5 heteroatoms. The van der Waals surface area contributed by atoms with E-state index in [9.17, 15) is 4.39 Å². The van der Waals surface area contributed by atoms with Crippen molar-refractivity contribution in [2.45, 2.75) is 17.8 Å². The van der Waals surface area contributed by atoms with Crippen LogP contribution in [0.15, 0.2) is 53.7 Å². The van der Waals surface area contributed by atoms with Crippen LogP contribution in [0.1, 0.15) is 11.1 Å². The second kappa shape index (κ2) is 6.32. The largest absolute Gasteiger partial charge is 0.305 e. The minimum atomic E-state index is -0.212. The van der Waals surface area contributed by atoms with Crippen LogP contribution < -0.4 is 0 Å². The predicted molar refractivity (Wildman–Crippen MR) is 87.1 cm³/mol. The predicted octanol–water partition coefficient (Wildman–Crippen LogP) is 4.22. The van der Waals surface area contributed by atoms with E-state index in [2.05, 4.69) is 29.3 Å². The van der Waals surface area contributed by atoms with Gasteiger partial charge in [0.25, 0.3) is 0 Å². The summed E-state index contributed by atoms with van der Waals surface area (Å²) in [6.07, 6.45) is 0. The Kier molecular flexibility index (Phi) is 4.24. The number of hydrogen-bond acceptors (Lipinski definition) is 3. The molecule has 0 unspecified atom stereocenters. The van der Waals surface area contributed by atoms with Crippen molar-refractivity contribution in [3.05, 3.63) is 65.5 Å². The molecule has 1 heterocycles. The first-order valence-corrected chi connectivity index (χ1v) is 7.96. The first-order chi connectivity index (χ1) is 10.6. The van der Waals surface area contributed by atoms with Crippen LogP contribution in [-0.2, 0) is 12.8 Å². The van der Waals surface area contributed by atoms with Crippen molar-refractivity contribution in [1.82, 2.24) is 14.8 Å². The third-order valence-corrected chi connectivity index (χ3v) is 4.46. The van der Waals surface area contributed by atoms with E-state index in [0.717, 1.165) is 22.1 Å². The first-order valence-electron chi connectivity index (χ1n) is 6.97. The summed E-state index contributed by atoms with van der Waals surface area (Å²) in [5, 5.41) is 9.34. The summed E-state index contributed by atoms with van der Waals surface area (Å²) < 4.78 is 15.2. The zero-order chi connectivity index (χ0) is 15.5. The van der Waals surface area contributed by atoms with Crippen LogP contribution in [-0.4, -0.2) is 14.8 Å². The minimum absolute atomic E-state index is 0.212. The van der Waals surface area contributed by atoms with Crippen LogP contribution >= 0.6 is 11.8 Å². The third-order valence-electron chi connectivity index (χ3n) is 3.37. The molecule has 0 saturated carbocycles. The fourth-order valence-corrected chi connectivity index (χ4v) is 3.10. The maximum Gasteiger partial charge on any atom is 0.191 e. The first kappa shape index (κ1) is 14.8. The number of thioether (sulfide) groups is 1. The van der Waals surface area contributed by atoms with Gasteiger partial charge in [0.05, 0.1) is 0 Å². The van der Waals surface area contributed by atoms with Crippen molar-refractivity contribution < 1.29 is 4.39 Å². The van der Waals surface area contributed by atoms with Crippen LogP contribution in [0.25, 0.3) is 11.4 Å². The molecular formula is C17H16FN3S. The van der Waals surface area contributed by atoms with Gasteiger partial charge in [-0.15, -0.1) is 10.2 Å². The smallest absolute Gasteiger partial charge is 0.191 e. The topological polar surface area (TPSA) is 30.7 Å². The summed E-state index contributed by atoms with van der Waals surface area (Å²) in [7, 11) is 1.95. The molecule has 0 aliphatic carbocycles. The van der Waals surface area contributed by atoms with Crippen LogP contribution in [0.5, 0.6) is 0 Å². The molecule has 0 amide bonds. The maximum atomic E-state index is 13.2. The van der Waals surface area contributed by atoms with Gasteiger partial charge in [-0.2, -0.15) is 0 Å². The molecule has 0 fully saturated rings. The quantitative estimate of drug-likeness (QED) is 0.676. The molecule has 0 bridgehead atoms. The summed E-state index contributed by atoms with van der Waals surface area (Å²) in [6, 6.07) is 14.8. The normalized spacial score (nSPS) is 10.9. The molecule has 1 aromatic heterocycles. The van der Waals surface area contributed by atoms with Gasteiger partial charge in [-0.3, -0.25) is 0 Å². The fourth-order valence-electron chi connectivity index (χ4n) is 2.25. The number of benzene rings is 2. The molecule has 0 radical (unpaired) electrons. The average Bonchev–Trinajstić information content (AvgIpc) is 2.86. The lowest BCUT2D eigenvalue weighted by Crippen LogP contribution is -1.95. The van der Waals surface area contributed by atoms with Gasteiger partial charge in [-0.05, 0) is 30.7 Å². The monoisotopic (exact) mass is 313 g/mol. The zero-order valence-corrected chi connectivity index (χ0v) is 13.3. The Balaban J connectivity index is 1.79. The number of aryl methyl sites for hydroxylation is 1. The van der Waals surface area contributed by atoms with Gasteiger partial charge in [0, 0.05) is 18.4 Å². The lowest BCUT2D eigenvalue weighted by atomic mass is 10.1. The Morgan fingerprint density at radius 2 is 1.91 bits per heavy atom. The second-order valence-corrected chi connectivity index (χ2v) is 6.10. The Bertz CT molecular complexity index is 798. The molecule has 3 rings (SSSR count). The number of hydrogen-bond donors (Lipinski definition) is 0. The summed E-state index contributed by atoms with van der Waals surface area (Å²) in [5.74, 6) is 1.29. The van der Waals surface area contributed by atoms with Crippen LogP contribution in [0.4, 0.5) is 4.39 Å². The summed E-state index contributed by atoms with van der Waals surface area (Å²) in [6.45, 7) is 2.06. The highest BCUT2D eigenvalue weighted by molar-refractivity contribution is 7.98. The highest BCUT2D eigenvalue weighted by Gasteiger charge is 2.11. The molecule has 3 aromatic rings. The van der Waals surface area contributed by atoms with Gasteiger partial charge >= 0.3 is 0 Å². The summed E-state index contributed by atoms with van der Waals surface area (Å²) >= 11 is 1.55. The number of rotatable bonds is 4. The van der Waals surface area contributed by atoms with Gasteiger partial charge in [-0.1, -0.05) is 47.7 Å². The number of halogens is 1. The van der Waals surface area contributed by atoms with Gasteiger partial charge < -0.3 is 4.57 Å². The number of nitrogens with zero attached hydrogens (tertiary/aromatic N) is 3. The van der Waals surface area contributed by atoms with Crippen LogP contribution in [0.3, 0.4) is 0 Å². The molecule has 0 atom stereocenters. The van der Waals surface area contributed by atoms with Crippen molar-refractivity contribution in [3.8, 4) is 11.4 Å². The number of aromatic nitrogens is 3. The zero-order valence-electron chi connectivity index (χ0n) is 12.5. The molecule has 112 valence electrons. The van der Waals surface area contributed by atoms with Crippen molar-refractivity contribution in [3.63, 3.8) is 0 Å². The highest BCUT2D eigenvalue weighted by atomic mass is 32.2. The molecular weight excluding hydrogens is 297 g/mol. The van der Waals surface area contributed by atoms with E-state index in [0.29, 0.717) is 5.75 Å². The van der Waals surface area contributed by atoms with Crippen LogP contribution in [0, 0.1) is 12.7 Å². The lowest BCUT2D eigenvalue weighted by molar-refractivity contribution is 0.626. The van der Waals surface area contributed by atoms with E-state index in [1.807, 2.05) is 29.8 Å². The molecule has 3 nitrogen and oxygen atoms in total. The van der Waals surface area contributed by atoms with Crippen molar-refractivity contribution in [2.24, 2.45) is 7.05 Å². The summed E-state index contributed by atoms with van der Waals surface area (Å²) in [4.78, 5) is 0. The van der Waals surface area contributed by atoms with E-state index < -0.39 is 0 Å². The fraction of sp³-hybridized carbons (Fsp3) is 0.176. The van der Waals surface area contributed by atoms with Gasteiger partial charge in [0.15, 0.2) is 11.0 Å². The van der Waals surface area contributed by atoms with Gasteiger partial charge in [0.1, 0.15) is 5.82 Å². The minimum Gasteiger partial charge on any atom is -0.305 e. The maximum absolute atomic E-state index is 13.2. The molecule has 0 aliphatic heterocycles. The Morgan fingerprint density at radius 3 is 2.68 bits per heavy atom. The molecule has 2 aromatic carbocycles. The summed E-state index contributed by atoms with van der Waals surface area (Å²) in [5.41, 5.74) is 3.17. The molecule has 0 spiro atoms. The molecule has 22 heavy (non-hydrogen) atoms. The van der Waals surface area contributed by atoms with E-state index in [4.69, 9.17) is 0 Å². The van der Waals surface area contributed by atoms with Crippen LogP contribution in [0.2, 0.25) is 0 Å². The Labute approximate surface area is 133 Å². The SMILES string of the molecule is Cc1cccc(-c2nnc(SCc3cccc(F)c3)n2C)c1. The Hall–Kier alpha value is -2.14. The standard InChI is InChI=1S/C17H16FN3S/c1-12-5-3-7-14(9-12)16-19-20-17(21(16)2)22-11-13-6-4-8-15(18)10-13/h3-10H,11H2,1-2H3. The third kappa shape index (κ3) is 3.20. The Morgan fingerprint density at radius 1 is 1.09 bits per heavy atom.